The molecule has 0 amide bonds. The lowest BCUT2D eigenvalue weighted by Gasteiger charge is -2.25. The average Bonchev–Trinajstić information content (AvgIpc) is 3.03. The highest BCUT2D eigenvalue weighted by molar-refractivity contribution is 9.11. The minimum Gasteiger partial charge on any atom is -0.311 e. The fourth-order valence-electron chi connectivity index (χ4n) is 4.44. The van der Waals surface area contributed by atoms with Gasteiger partial charge >= 0.3 is 0 Å². The largest absolute Gasteiger partial charge is 0.311 e. The predicted octanol–water partition coefficient (Wildman–Crippen LogP) is 14.6. The molecule has 6 rings (SSSR count). The van der Waals surface area contributed by atoms with Gasteiger partial charge in [-0.2, -0.15) is 0 Å². The molecule has 0 radical (unpaired) electrons. The van der Waals surface area contributed by atoms with Gasteiger partial charge in [-0.05, 0) is 146 Å². The monoisotopic (exact) mass is 826 g/mol. The van der Waals surface area contributed by atoms with E-state index in [2.05, 4.69) is 130 Å². The summed E-state index contributed by atoms with van der Waals surface area (Å²) in [5.74, 6) is 0. The van der Waals surface area contributed by atoms with Gasteiger partial charge in [-0.15, -0.1) is 0 Å². The lowest BCUT2D eigenvalue weighted by Crippen LogP contribution is -2.09. The highest BCUT2D eigenvalue weighted by Gasteiger charge is 2.13. The van der Waals surface area contributed by atoms with Crippen LogP contribution in [0.4, 0.5) is 34.1 Å². The molecule has 6 aromatic rings. The van der Waals surface area contributed by atoms with Gasteiger partial charge in [0.05, 0.1) is 0 Å². The van der Waals surface area contributed by atoms with E-state index < -0.39 is 0 Å². The third kappa shape index (κ3) is 8.69. The topological polar surface area (TPSA) is 6.48 Å². The number of hydrogen-bond donors (Lipinski definition) is 0. The molecule has 44 heavy (non-hydrogen) atoms. The molecule has 0 unspecified atom stereocenters. The van der Waals surface area contributed by atoms with Crippen LogP contribution >= 0.6 is 82.6 Å². The SMILES string of the molecule is Brc1ccc(N(c2ccc(Br)cc2)c2ccc(Br)cc2)cc1.Clc1ccc(N(c2ccc(Cl)cc2)c2ccc(Cl)cc2)cc1. The molecule has 0 spiro atoms. The van der Waals surface area contributed by atoms with Gasteiger partial charge < -0.3 is 9.80 Å². The van der Waals surface area contributed by atoms with E-state index in [1.807, 2.05) is 72.8 Å². The van der Waals surface area contributed by atoms with Gasteiger partial charge in [0.2, 0.25) is 0 Å². The predicted molar refractivity (Wildman–Crippen MR) is 200 cm³/mol. The van der Waals surface area contributed by atoms with Crippen LogP contribution in [0.25, 0.3) is 0 Å². The first-order valence-electron chi connectivity index (χ1n) is 13.4. The maximum atomic E-state index is 6.00. The third-order valence-corrected chi connectivity index (χ3v) is 8.85. The maximum Gasteiger partial charge on any atom is 0.0462 e. The van der Waals surface area contributed by atoms with Crippen molar-refractivity contribution >= 4 is 117 Å². The van der Waals surface area contributed by atoms with Gasteiger partial charge in [0.15, 0.2) is 0 Å². The number of anilines is 6. The summed E-state index contributed by atoms with van der Waals surface area (Å²) >= 11 is 28.5. The molecule has 0 fully saturated rings. The second kappa shape index (κ2) is 15.5. The van der Waals surface area contributed by atoms with Crippen LogP contribution in [0.5, 0.6) is 0 Å². The minimum absolute atomic E-state index is 0.705. The molecule has 2 nitrogen and oxygen atoms in total. The Bertz CT molecular complexity index is 1430. The Kier molecular flexibility index (Phi) is 11.5. The van der Waals surface area contributed by atoms with Crippen molar-refractivity contribution in [3.8, 4) is 0 Å². The third-order valence-electron chi connectivity index (χ3n) is 6.51. The Morgan fingerprint density at radius 3 is 0.614 bits per heavy atom. The summed E-state index contributed by atoms with van der Waals surface area (Å²) in [5.41, 5.74) is 6.38. The van der Waals surface area contributed by atoms with Crippen LogP contribution in [-0.4, -0.2) is 0 Å². The molecule has 0 aromatic heterocycles. The van der Waals surface area contributed by atoms with E-state index in [4.69, 9.17) is 34.8 Å². The molecule has 0 aliphatic heterocycles. The first kappa shape index (κ1) is 32.6. The van der Waals surface area contributed by atoms with Crippen LogP contribution in [0.3, 0.4) is 0 Å². The van der Waals surface area contributed by atoms with E-state index in [-0.39, 0.29) is 0 Å². The Morgan fingerprint density at radius 2 is 0.432 bits per heavy atom. The summed E-state index contributed by atoms with van der Waals surface area (Å²) in [5, 5.41) is 2.11. The van der Waals surface area contributed by atoms with Gasteiger partial charge in [-0.3, -0.25) is 0 Å². The van der Waals surface area contributed by atoms with Crippen molar-refractivity contribution in [1.29, 1.82) is 0 Å². The lowest BCUT2D eigenvalue weighted by molar-refractivity contribution is 1.28. The second-order valence-corrected chi connectivity index (χ2v) is 13.6. The van der Waals surface area contributed by atoms with Gasteiger partial charge in [-0.1, -0.05) is 82.6 Å². The van der Waals surface area contributed by atoms with Crippen molar-refractivity contribution in [2.75, 3.05) is 9.80 Å². The van der Waals surface area contributed by atoms with Crippen molar-refractivity contribution in [2.45, 2.75) is 0 Å². The van der Waals surface area contributed by atoms with Crippen LogP contribution in [0.2, 0.25) is 15.1 Å². The molecule has 0 aliphatic rings. The van der Waals surface area contributed by atoms with Crippen molar-refractivity contribution in [1.82, 2.24) is 0 Å². The normalized spacial score (nSPS) is 10.5. The summed E-state index contributed by atoms with van der Waals surface area (Å²) in [6, 6.07) is 48.1. The average molecular weight is 831 g/mol. The highest BCUT2D eigenvalue weighted by Crippen LogP contribution is 2.37. The molecule has 0 atom stereocenters. The second-order valence-electron chi connectivity index (χ2n) is 9.53. The Morgan fingerprint density at radius 1 is 0.273 bits per heavy atom. The molecular formula is C36H24Br3Cl3N2. The molecule has 8 heteroatoms. The highest BCUT2D eigenvalue weighted by atomic mass is 79.9. The van der Waals surface area contributed by atoms with E-state index >= 15 is 0 Å². The zero-order chi connectivity index (χ0) is 31.1. The Balaban J connectivity index is 0.000000175. The van der Waals surface area contributed by atoms with Crippen molar-refractivity contribution < 1.29 is 0 Å². The van der Waals surface area contributed by atoms with Crippen LogP contribution in [0, 0.1) is 0 Å². The maximum absolute atomic E-state index is 6.00. The molecule has 0 saturated carbocycles. The molecule has 6 aromatic carbocycles. The number of rotatable bonds is 6. The molecule has 0 N–H and O–H groups in total. The first-order valence-corrected chi connectivity index (χ1v) is 16.9. The quantitative estimate of drug-likeness (QED) is 0.165. The van der Waals surface area contributed by atoms with Crippen LogP contribution in [0.1, 0.15) is 0 Å². The molecular weight excluding hydrogens is 806 g/mol. The summed E-state index contributed by atoms with van der Waals surface area (Å²) < 4.78 is 3.22. The molecule has 0 bridgehead atoms. The fraction of sp³-hybridized carbons (Fsp3) is 0. The zero-order valence-corrected chi connectivity index (χ0v) is 30.0. The Hall–Kier alpha value is -2.77. The Labute approximate surface area is 298 Å². The van der Waals surface area contributed by atoms with Gasteiger partial charge in [0.1, 0.15) is 0 Å². The molecule has 0 heterocycles. The summed E-state index contributed by atoms with van der Waals surface area (Å²) in [7, 11) is 0. The minimum atomic E-state index is 0.705. The van der Waals surface area contributed by atoms with E-state index in [1.54, 1.807) is 0 Å². The van der Waals surface area contributed by atoms with E-state index in [0.717, 1.165) is 47.5 Å². The number of nitrogens with zero attached hydrogens (tertiary/aromatic N) is 2. The summed E-state index contributed by atoms with van der Waals surface area (Å²) in [6.07, 6.45) is 0. The first-order chi connectivity index (χ1) is 21.3. The number of benzene rings is 6. The van der Waals surface area contributed by atoms with Gasteiger partial charge in [-0.25, -0.2) is 0 Å². The van der Waals surface area contributed by atoms with Gasteiger partial charge in [0.25, 0.3) is 0 Å². The van der Waals surface area contributed by atoms with Crippen molar-refractivity contribution in [3.05, 3.63) is 174 Å². The molecule has 0 saturated heterocycles. The lowest BCUT2D eigenvalue weighted by atomic mass is 10.2. The summed E-state index contributed by atoms with van der Waals surface area (Å²) in [4.78, 5) is 4.34. The van der Waals surface area contributed by atoms with Gasteiger partial charge in [0, 0.05) is 62.6 Å². The van der Waals surface area contributed by atoms with Crippen molar-refractivity contribution in [3.63, 3.8) is 0 Å². The van der Waals surface area contributed by atoms with E-state index in [1.165, 1.54) is 0 Å². The van der Waals surface area contributed by atoms with Crippen LogP contribution < -0.4 is 9.80 Å². The molecule has 0 aliphatic carbocycles. The fourth-order valence-corrected chi connectivity index (χ4v) is 5.61. The van der Waals surface area contributed by atoms with E-state index in [9.17, 15) is 0 Å². The number of halogens is 6. The smallest absolute Gasteiger partial charge is 0.0462 e. The summed E-state index contributed by atoms with van der Waals surface area (Å²) in [6.45, 7) is 0. The van der Waals surface area contributed by atoms with Crippen LogP contribution in [0.15, 0.2) is 159 Å². The molecule has 220 valence electrons. The van der Waals surface area contributed by atoms with Crippen LogP contribution in [-0.2, 0) is 0 Å². The zero-order valence-electron chi connectivity index (χ0n) is 23.0. The standard InChI is InChI=1S/C18H12Br3N.C18H12Cl3N/c2*19-13-1-7-16(8-2-13)22(17-9-3-14(20)4-10-17)18-11-5-15(21)6-12-18/h2*1-12H. The number of hydrogen-bond acceptors (Lipinski definition) is 2. The van der Waals surface area contributed by atoms with E-state index in [0.29, 0.717) is 15.1 Å². The van der Waals surface area contributed by atoms with Crippen molar-refractivity contribution in [2.24, 2.45) is 0 Å².